The van der Waals surface area contributed by atoms with Gasteiger partial charge in [0.05, 0.1) is 23.7 Å². The summed E-state index contributed by atoms with van der Waals surface area (Å²) in [5, 5.41) is 20.8. The Bertz CT molecular complexity index is 865. The molecule has 4 unspecified atom stereocenters. The van der Waals surface area contributed by atoms with Crippen LogP contribution >= 0.6 is 0 Å². The van der Waals surface area contributed by atoms with Gasteiger partial charge in [-0.1, -0.05) is 24.3 Å². The van der Waals surface area contributed by atoms with Crippen LogP contribution in [0, 0.1) is 22.0 Å². The molecule has 1 aromatic carbocycles. The summed E-state index contributed by atoms with van der Waals surface area (Å²) in [5.41, 5.74) is 0.303. The molecule has 166 valence electrons. The van der Waals surface area contributed by atoms with Crippen molar-refractivity contribution in [3.05, 3.63) is 64.2 Å². The minimum Gasteiger partial charge on any atom is -0.460 e. The molecule has 0 heterocycles. The number of nitro benzene ring substituents is 1. The topological polar surface area (TPSA) is 125 Å². The maximum absolute atomic E-state index is 11.9. The first kappa shape index (κ1) is 22.6. The number of fused-ring (bicyclic) bond motifs is 2. The largest absolute Gasteiger partial charge is 0.460 e. The van der Waals surface area contributed by atoms with Crippen molar-refractivity contribution in [1.29, 1.82) is 0 Å². The third-order valence-electron chi connectivity index (χ3n) is 5.31. The summed E-state index contributed by atoms with van der Waals surface area (Å²) in [4.78, 5) is 34.1. The summed E-state index contributed by atoms with van der Waals surface area (Å²) in [5.74, 6) is -0.703. The fourth-order valence-corrected chi connectivity index (χ4v) is 3.73. The van der Waals surface area contributed by atoms with Gasteiger partial charge in [0.25, 0.3) is 5.69 Å². The van der Waals surface area contributed by atoms with E-state index in [1.807, 2.05) is 0 Å². The SMILES string of the molecule is O=C(/C=C/C(=O)OC1CC2C=CC1CC2)OCC(O)COCc1ccccc1[N+](=O)[O-]. The first-order valence-electron chi connectivity index (χ1n) is 10.1. The molecule has 0 amide bonds. The normalized spacial score (nSPS) is 22.9. The maximum Gasteiger partial charge on any atom is 0.331 e. The standard InChI is InChI=1S/C22H25NO8/c24-18(13-29-12-17-3-1-2-4-19(17)23(27)28)14-30-21(25)9-10-22(26)31-20-11-15-5-7-16(20)8-6-15/h1-5,7,9-10,15-16,18,20,24H,6,8,11-14H2/b10-9+. The van der Waals surface area contributed by atoms with Gasteiger partial charge < -0.3 is 19.3 Å². The van der Waals surface area contributed by atoms with Crippen LogP contribution in [0.2, 0.25) is 0 Å². The Morgan fingerprint density at radius 1 is 1.16 bits per heavy atom. The second-order valence-electron chi connectivity index (χ2n) is 7.62. The molecular formula is C22H25NO8. The van der Waals surface area contributed by atoms with Gasteiger partial charge in [0, 0.05) is 24.1 Å². The molecule has 1 aromatic rings. The number of benzene rings is 1. The van der Waals surface area contributed by atoms with Crippen molar-refractivity contribution in [3.8, 4) is 0 Å². The van der Waals surface area contributed by atoms with Crippen molar-refractivity contribution in [1.82, 2.24) is 0 Å². The Morgan fingerprint density at radius 3 is 2.61 bits per heavy atom. The number of esters is 2. The van der Waals surface area contributed by atoms with Gasteiger partial charge in [-0.3, -0.25) is 10.1 Å². The summed E-state index contributed by atoms with van der Waals surface area (Å²) in [6, 6.07) is 6.12. The number of para-hydroxylation sites is 1. The molecule has 0 aliphatic heterocycles. The number of aliphatic hydroxyl groups is 1. The van der Waals surface area contributed by atoms with Crippen LogP contribution in [0.3, 0.4) is 0 Å². The molecular weight excluding hydrogens is 406 g/mol. The lowest BCUT2D eigenvalue weighted by Crippen LogP contribution is -2.35. The number of hydrogen-bond acceptors (Lipinski definition) is 8. The highest BCUT2D eigenvalue weighted by Gasteiger charge is 2.34. The number of aliphatic hydroxyl groups excluding tert-OH is 1. The van der Waals surface area contributed by atoms with E-state index in [9.17, 15) is 24.8 Å². The molecule has 2 bridgehead atoms. The Kier molecular flexibility index (Phi) is 7.91. The van der Waals surface area contributed by atoms with Gasteiger partial charge in [-0.25, -0.2) is 9.59 Å². The van der Waals surface area contributed by atoms with E-state index in [-0.39, 0.29) is 37.5 Å². The van der Waals surface area contributed by atoms with E-state index in [0.717, 1.165) is 31.4 Å². The van der Waals surface area contributed by atoms with Crippen LogP contribution in [0.25, 0.3) is 0 Å². The zero-order chi connectivity index (χ0) is 22.2. The first-order chi connectivity index (χ1) is 14.9. The summed E-state index contributed by atoms with van der Waals surface area (Å²) in [6.07, 6.45) is 7.89. The number of carbonyl (C=O) groups is 2. The minimum atomic E-state index is -1.11. The lowest BCUT2D eigenvalue weighted by atomic mass is 9.74. The fraction of sp³-hybridized carbons (Fsp3) is 0.455. The van der Waals surface area contributed by atoms with Gasteiger partial charge in [-0.15, -0.1) is 0 Å². The van der Waals surface area contributed by atoms with Crippen molar-refractivity contribution in [2.24, 2.45) is 11.8 Å². The number of carbonyl (C=O) groups excluding carboxylic acids is 2. The molecule has 0 aromatic heterocycles. The van der Waals surface area contributed by atoms with Crippen LogP contribution in [0.4, 0.5) is 5.69 Å². The van der Waals surface area contributed by atoms with E-state index >= 15 is 0 Å². The highest BCUT2D eigenvalue weighted by Crippen LogP contribution is 2.37. The number of hydrogen-bond donors (Lipinski definition) is 1. The second-order valence-corrected chi connectivity index (χ2v) is 7.62. The van der Waals surface area contributed by atoms with Gasteiger partial charge in [0.1, 0.15) is 18.8 Å². The number of rotatable bonds is 10. The van der Waals surface area contributed by atoms with Crippen LogP contribution < -0.4 is 0 Å². The second kappa shape index (κ2) is 10.8. The van der Waals surface area contributed by atoms with E-state index in [1.54, 1.807) is 18.2 Å². The van der Waals surface area contributed by atoms with Gasteiger partial charge in [-0.05, 0) is 31.2 Å². The molecule has 0 spiro atoms. The fourth-order valence-electron chi connectivity index (χ4n) is 3.73. The van der Waals surface area contributed by atoms with Crippen molar-refractivity contribution in [2.45, 2.75) is 38.1 Å². The monoisotopic (exact) mass is 431 g/mol. The third kappa shape index (κ3) is 6.73. The number of nitro groups is 1. The van der Waals surface area contributed by atoms with Crippen LogP contribution in [0.5, 0.6) is 0 Å². The van der Waals surface area contributed by atoms with E-state index in [0.29, 0.717) is 11.5 Å². The number of allylic oxidation sites excluding steroid dienone is 1. The van der Waals surface area contributed by atoms with Crippen LogP contribution in [-0.4, -0.2) is 47.4 Å². The van der Waals surface area contributed by atoms with Crippen molar-refractivity contribution >= 4 is 17.6 Å². The molecule has 0 saturated heterocycles. The quantitative estimate of drug-likeness (QED) is 0.197. The molecule has 4 atom stereocenters. The summed E-state index contributed by atoms with van der Waals surface area (Å²) in [6.45, 7) is -0.582. The van der Waals surface area contributed by atoms with Gasteiger partial charge in [0.15, 0.2) is 0 Å². The molecule has 3 aliphatic carbocycles. The van der Waals surface area contributed by atoms with Gasteiger partial charge >= 0.3 is 11.9 Å². The Hall–Kier alpha value is -3.04. The van der Waals surface area contributed by atoms with Crippen molar-refractivity contribution < 1.29 is 33.8 Å². The average molecular weight is 431 g/mol. The predicted molar refractivity (Wildman–Crippen MR) is 109 cm³/mol. The molecule has 1 saturated carbocycles. The number of nitrogens with zero attached hydrogens (tertiary/aromatic N) is 1. The van der Waals surface area contributed by atoms with E-state index in [4.69, 9.17) is 14.2 Å². The first-order valence-corrected chi connectivity index (χ1v) is 10.1. The molecule has 9 nitrogen and oxygen atoms in total. The Balaban J connectivity index is 1.33. The van der Waals surface area contributed by atoms with Crippen LogP contribution in [0.1, 0.15) is 24.8 Å². The van der Waals surface area contributed by atoms with Gasteiger partial charge in [0.2, 0.25) is 0 Å². The molecule has 1 N–H and O–H groups in total. The number of ether oxygens (including phenoxy) is 3. The Morgan fingerprint density at radius 2 is 1.94 bits per heavy atom. The molecule has 1 fully saturated rings. The molecule has 3 aliphatic rings. The van der Waals surface area contributed by atoms with Gasteiger partial charge in [-0.2, -0.15) is 0 Å². The average Bonchev–Trinajstić information content (AvgIpc) is 2.77. The zero-order valence-corrected chi connectivity index (χ0v) is 16.9. The smallest absolute Gasteiger partial charge is 0.331 e. The van der Waals surface area contributed by atoms with Crippen molar-refractivity contribution in [3.63, 3.8) is 0 Å². The van der Waals surface area contributed by atoms with E-state index < -0.39 is 23.0 Å². The summed E-state index contributed by atoms with van der Waals surface area (Å²) in [7, 11) is 0. The summed E-state index contributed by atoms with van der Waals surface area (Å²) >= 11 is 0. The highest BCUT2D eigenvalue weighted by atomic mass is 16.6. The minimum absolute atomic E-state index is 0.0634. The van der Waals surface area contributed by atoms with Crippen LogP contribution in [-0.2, 0) is 30.4 Å². The maximum atomic E-state index is 11.9. The zero-order valence-electron chi connectivity index (χ0n) is 16.9. The van der Waals surface area contributed by atoms with Crippen LogP contribution in [0.15, 0.2) is 48.6 Å². The molecule has 31 heavy (non-hydrogen) atoms. The summed E-state index contributed by atoms with van der Waals surface area (Å²) < 4.78 is 15.6. The lowest BCUT2D eigenvalue weighted by Gasteiger charge is -2.37. The molecule has 9 heteroatoms. The van der Waals surface area contributed by atoms with Crippen molar-refractivity contribution in [2.75, 3.05) is 13.2 Å². The molecule has 4 rings (SSSR count). The van der Waals surface area contributed by atoms with E-state index in [1.165, 1.54) is 6.07 Å². The Labute approximate surface area is 179 Å². The molecule has 0 radical (unpaired) electrons. The highest BCUT2D eigenvalue weighted by molar-refractivity contribution is 5.91. The lowest BCUT2D eigenvalue weighted by molar-refractivity contribution is -0.386. The van der Waals surface area contributed by atoms with E-state index in [2.05, 4.69) is 12.2 Å². The third-order valence-corrected chi connectivity index (χ3v) is 5.31. The predicted octanol–water partition coefficient (Wildman–Crippen LogP) is 2.47.